The van der Waals surface area contributed by atoms with E-state index in [0.717, 1.165) is 0 Å². The fraction of sp³-hybridized carbons (Fsp3) is 0.0588. The number of hydrogen-bond donors (Lipinski definition) is 0. The summed E-state index contributed by atoms with van der Waals surface area (Å²) in [4.78, 5) is 24.0. The summed E-state index contributed by atoms with van der Waals surface area (Å²) in [6.07, 6.45) is 0. The molecule has 0 aliphatic rings. The summed E-state index contributed by atoms with van der Waals surface area (Å²) in [5, 5.41) is 1.40. The quantitative estimate of drug-likeness (QED) is 0.518. The largest absolute Gasteiger partial charge is 0.457 e. The van der Waals surface area contributed by atoms with Gasteiger partial charge in [-0.3, -0.25) is 0 Å². The van der Waals surface area contributed by atoms with Crippen molar-refractivity contribution in [3.05, 3.63) is 80.1 Å². The van der Waals surface area contributed by atoms with E-state index < -0.39 is 11.6 Å². The van der Waals surface area contributed by atoms with Gasteiger partial charge in [-0.05, 0) is 24.3 Å². The molecular weight excluding hydrogens is 339 g/mol. The van der Waals surface area contributed by atoms with Crippen LogP contribution in [0, 0.1) is 0 Å². The van der Waals surface area contributed by atoms with E-state index in [9.17, 15) is 9.59 Å². The SMILES string of the molecule is O=C(OCc1c(Cl)cccc1Cl)c1cc2ccccc2oc1=O. The summed E-state index contributed by atoms with van der Waals surface area (Å²) >= 11 is 12.0. The van der Waals surface area contributed by atoms with Gasteiger partial charge < -0.3 is 9.15 Å². The van der Waals surface area contributed by atoms with E-state index in [1.165, 1.54) is 6.07 Å². The number of carbonyl (C=O) groups is 1. The monoisotopic (exact) mass is 348 g/mol. The summed E-state index contributed by atoms with van der Waals surface area (Å²) in [5.74, 6) is -0.791. The van der Waals surface area contributed by atoms with Crippen LogP contribution in [0.3, 0.4) is 0 Å². The molecule has 6 heteroatoms. The predicted octanol–water partition coefficient (Wildman–Crippen LogP) is 4.46. The lowest BCUT2D eigenvalue weighted by molar-refractivity contribution is 0.0468. The fourth-order valence-corrected chi connectivity index (χ4v) is 2.60. The van der Waals surface area contributed by atoms with E-state index in [0.29, 0.717) is 26.6 Å². The molecule has 0 fully saturated rings. The van der Waals surface area contributed by atoms with Gasteiger partial charge in [0, 0.05) is 21.0 Å². The van der Waals surface area contributed by atoms with Crippen LogP contribution in [0.2, 0.25) is 10.0 Å². The van der Waals surface area contributed by atoms with Crippen LogP contribution < -0.4 is 5.63 Å². The number of halogens is 2. The second-order valence-electron chi connectivity index (χ2n) is 4.76. The lowest BCUT2D eigenvalue weighted by atomic mass is 10.2. The Morgan fingerprint density at radius 3 is 2.48 bits per heavy atom. The summed E-state index contributed by atoms with van der Waals surface area (Å²) in [6.45, 7) is -0.135. The van der Waals surface area contributed by atoms with Gasteiger partial charge >= 0.3 is 11.6 Å². The van der Waals surface area contributed by atoms with Crippen LogP contribution in [0.4, 0.5) is 0 Å². The van der Waals surface area contributed by atoms with Crippen LogP contribution in [-0.2, 0) is 11.3 Å². The number of rotatable bonds is 3. The lowest BCUT2D eigenvalue weighted by Gasteiger charge is -2.08. The zero-order valence-corrected chi connectivity index (χ0v) is 13.2. The van der Waals surface area contributed by atoms with Crippen LogP contribution in [0.15, 0.2) is 57.7 Å². The first-order valence-electron chi connectivity index (χ1n) is 6.69. The zero-order valence-electron chi connectivity index (χ0n) is 11.7. The summed E-state index contributed by atoms with van der Waals surface area (Å²) in [7, 11) is 0. The minimum Gasteiger partial charge on any atom is -0.457 e. The van der Waals surface area contributed by atoms with Crippen LogP contribution >= 0.6 is 23.2 Å². The van der Waals surface area contributed by atoms with Gasteiger partial charge in [0.2, 0.25) is 0 Å². The van der Waals surface area contributed by atoms with E-state index in [-0.39, 0.29) is 12.2 Å². The summed E-state index contributed by atoms with van der Waals surface area (Å²) in [5.41, 5.74) is -0.0385. The summed E-state index contributed by atoms with van der Waals surface area (Å²) in [6, 6.07) is 13.3. The Labute approximate surface area is 141 Å². The van der Waals surface area contributed by atoms with Gasteiger partial charge in [-0.1, -0.05) is 47.5 Å². The molecule has 116 valence electrons. The molecule has 4 nitrogen and oxygen atoms in total. The first-order chi connectivity index (χ1) is 11.1. The van der Waals surface area contributed by atoms with Crippen molar-refractivity contribution < 1.29 is 13.9 Å². The highest BCUT2D eigenvalue weighted by Gasteiger charge is 2.16. The van der Waals surface area contributed by atoms with E-state index in [4.69, 9.17) is 32.4 Å². The van der Waals surface area contributed by atoms with Crippen molar-refractivity contribution in [1.82, 2.24) is 0 Å². The molecule has 0 bridgehead atoms. The van der Waals surface area contributed by atoms with Crippen molar-refractivity contribution in [3.63, 3.8) is 0 Å². The molecule has 0 atom stereocenters. The topological polar surface area (TPSA) is 56.5 Å². The van der Waals surface area contributed by atoms with Gasteiger partial charge in [0.15, 0.2) is 0 Å². The third-order valence-corrected chi connectivity index (χ3v) is 3.98. The molecule has 1 aromatic heterocycles. The Morgan fingerprint density at radius 1 is 1.04 bits per heavy atom. The molecule has 1 heterocycles. The van der Waals surface area contributed by atoms with Crippen molar-refractivity contribution >= 4 is 40.1 Å². The van der Waals surface area contributed by atoms with Crippen molar-refractivity contribution in [2.75, 3.05) is 0 Å². The smallest absolute Gasteiger partial charge is 0.351 e. The van der Waals surface area contributed by atoms with Gasteiger partial charge in [-0.25, -0.2) is 9.59 Å². The van der Waals surface area contributed by atoms with Crippen molar-refractivity contribution in [2.45, 2.75) is 6.61 Å². The Balaban J connectivity index is 1.86. The maximum Gasteiger partial charge on any atom is 0.351 e. The van der Waals surface area contributed by atoms with E-state index >= 15 is 0 Å². The molecule has 0 aliphatic heterocycles. The Hall–Kier alpha value is -2.30. The van der Waals surface area contributed by atoms with Gasteiger partial charge in [-0.2, -0.15) is 0 Å². The number of ether oxygens (including phenoxy) is 1. The lowest BCUT2D eigenvalue weighted by Crippen LogP contribution is -2.16. The minimum atomic E-state index is -0.791. The average molecular weight is 349 g/mol. The summed E-state index contributed by atoms with van der Waals surface area (Å²) < 4.78 is 10.2. The van der Waals surface area contributed by atoms with Crippen molar-refractivity contribution in [2.24, 2.45) is 0 Å². The normalized spacial score (nSPS) is 10.7. The highest BCUT2D eigenvalue weighted by atomic mass is 35.5. The highest BCUT2D eigenvalue weighted by Crippen LogP contribution is 2.25. The van der Waals surface area contributed by atoms with E-state index in [1.54, 1.807) is 42.5 Å². The van der Waals surface area contributed by atoms with Crippen LogP contribution in [0.1, 0.15) is 15.9 Å². The van der Waals surface area contributed by atoms with Crippen LogP contribution in [-0.4, -0.2) is 5.97 Å². The Morgan fingerprint density at radius 2 is 1.74 bits per heavy atom. The molecule has 0 amide bonds. The highest BCUT2D eigenvalue weighted by molar-refractivity contribution is 6.35. The molecule has 2 aromatic carbocycles. The molecule has 0 radical (unpaired) electrons. The number of benzene rings is 2. The zero-order chi connectivity index (χ0) is 16.4. The number of para-hydroxylation sites is 1. The minimum absolute atomic E-state index is 0.135. The van der Waals surface area contributed by atoms with E-state index in [1.807, 2.05) is 0 Å². The van der Waals surface area contributed by atoms with Gasteiger partial charge in [-0.15, -0.1) is 0 Å². The molecule has 3 rings (SSSR count). The predicted molar refractivity (Wildman–Crippen MR) is 88.1 cm³/mol. The molecular formula is C17H10Cl2O4. The molecule has 23 heavy (non-hydrogen) atoms. The van der Waals surface area contributed by atoms with Gasteiger partial charge in [0.25, 0.3) is 0 Å². The molecule has 0 unspecified atom stereocenters. The number of esters is 1. The van der Waals surface area contributed by atoms with Crippen molar-refractivity contribution in [3.8, 4) is 0 Å². The third-order valence-electron chi connectivity index (χ3n) is 3.27. The first kappa shape index (κ1) is 15.6. The second-order valence-corrected chi connectivity index (χ2v) is 5.58. The van der Waals surface area contributed by atoms with Crippen LogP contribution in [0.25, 0.3) is 11.0 Å². The molecule has 0 N–H and O–H groups in total. The van der Waals surface area contributed by atoms with Crippen molar-refractivity contribution in [1.29, 1.82) is 0 Å². The fourth-order valence-electron chi connectivity index (χ4n) is 2.09. The third kappa shape index (κ3) is 3.23. The number of fused-ring (bicyclic) bond motifs is 1. The molecule has 0 saturated carbocycles. The maximum absolute atomic E-state index is 12.1. The maximum atomic E-state index is 12.1. The standard InChI is InChI=1S/C17H10Cl2O4/c18-13-5-3-6-14(19)12(13)9-22-16(20)11-8-10-4-1-2-7-15(10)23-17(11)21/h1-8H,9H2. The molecule has 0 aliphatic carbocycles. The molecule has 0 spiro atoms. The second kappa shape index (κ2) is 6.44. The van der Waals surface area contributed by atoms with Gasteiger partial charge in [0.1, 0.15) is 17.8 Å². The Bertz CT molecular complexity index is 926. The molecule has 3 aromatic rings. The average Bonchev–Trinajstić information content (AvgIpc) is 2.53. The number of hydrogen-bond acceptors (Lipinski definition) is 4. The Kier molecular flexibility index (Phi) is 4.37. The van der Waals surface area contributed by atoms with E-state index in [2.05, 4.69) is 0 Å². The molecule has 0 saturated heterocycles. The first-order valence-corrected chi connectivity index (χ1v) is 7.45. The number of carbonyl (C=O) groups excluding carboxylic acids is 1. The van der Waals surface area contributed by atoms with Crippen LogP contribution in [0.5, 0.6) is 0 Å². The van der Waals surface area contributed by atoms with Gasteiger partial charge in [0.05, 0.1) is 0 Å².